The SMILES string of the molecule is C#C[C@@H](CC)CCN(C)[C@H](C[C@@H](OCCCCN1C(=O)C=CC1=O)c1nc(C(=O)N[C@H](C)C(OC(C)=O)c2ccccc2)cs1)C(C)C. The molecule has 0 fully saturated rings. The van der Waals surface area contributed by atoms with Gasteiger partial charge in [-0.3, -0.25) is 24.1 Å². The number of imide groups is 1. The summed E-state index contributed by atoms with van der Waals surface area (Å²) in [7, 11) is 2.11. The van der Waals surface area contributed by atoms with Crippen molar-refractivity contribution in [3.8, 4) is 12.3 Å². The van der Waals surface area contributed by atoms with Gasteiger partial charge in [0.2, 0.25) is 0 Å². The van der Waals surface area contributed by atoms with Crippen LogP contribution in [0.2, 0.25) is 0 Å². The summed E-state index contributed by atoms with van der Waals surface area (Å²) in [6.45, 7) is 11.2. The highest BCUT2D eigenvalue weighted by Gasteiger charge is 2.29. The second kappa shape index (κ2) is 19.2. The van der Waals surface area contributed by atoms with Crippen LogP contribution in [0, 0.1) is 24.2 Å². The fraction of sp³-hybridized carbons (Fsp3) is 0.541. The molecule has 10 nitrogen and oxygen atoms in total. The van der Waals surface area contributed by atoms with Crippen molar-refractivity contribution in [1.29, 1.82) is 0 Å². The van der Waals surface area contributed by atoms with E-state index in [1.807, 2.05) is 30.3 Å². The molecule has 0 radical (unpaired) electrons. The van der Waals surface area contributed by atoms with Crippen molar-refractivity contribution in [1.82, 2.24) is 20.1 Å². The molecule has 48 heavy (non-hydrogen) atoms. The number of esters is 1. The average molecular weight is 679 g/mol. The first-order chi connectivity index (χ1) is 22.9. The Hall–Kier alpha value is -3.85. The van der Waals surface area contributed by atoms with Gasteiger partial charge >= 0.3 is 5.97 Å². The number of nitrogens with zero attached hydrogens (tertiary/aromatic N) is 3. The summed E-state index contributed by atoms with van der Waals surface area (Å²) < 4.78 is 12.0. The summed E-state index contributed by atoms with van der Waals surface area (Å²) in [5.41, 5.74) is 1.04. The number of unbranched alkanes of at least 4 members (excludes halogenated alkanes) is 1. The molecule has 0 bridgehead atoms. The van der Waals surface area contributed by atoms with Crippen molar-refractivity contribution in [2.24, 2.45) is 11.8 Å². The van der Waals surface area contributed by atoms with Crippen molar-refractivity contribution < 1.29 is 28.7 Å². The van der Waals surface area contributed by atoms with E-state index in [9.17, 15) is 19.2 Å². The summed E-state index contributed by atoms with van der Waals surface area (Å²) in [5.74, 6) is 2.03. The van der Waals surface area contributed by atoms with E-state index in [4.69, 9.17) is 20.9 Å². The van der Waals surface area contributed by atoms with Gasteiger partial charge in [0, 0.05) is 49.6 Å². The number of hydrogen-bond acceptors (Lipinski definition) is 9. The van der Waals surface area contributed by atoms with Crippen molar-refractivity contribution in [2.75, 3.05) is 26.7 Å². The Morgan fingerprint density at radius 2 is 1.79 bits per heavy atom. The van der Waals surface area contributed by atoms with Crippen LogP contribution in [0.25, 0.3) is 0 Å². The maximum atomic E-state index is 13.4. The van der Waals surface area contributed by atoms with E-state index >= 15 is 0 Å². The number of benzene rings is 1. The molecule has 2 aromatic rings. The Morgan fingerprint density at radius 1 is 1.10 bits per heavy atom. The lowest BCUT2D eigenvalue weighted by atomic mass is 9.95. The molecule has 1 aliphatic heterocycles. The molecule has 0 aliphatic carbocycles. The third-order valence-corrected chi connectivity index (χ3v) is 9.55. The minimum Gasteiger partial charge on any atom is -0.455 e. The van der Waals surface area contributed by atoms with Crippen LogP contribution in [0.5, 0.6) is 0 Å². The van der Waals surface area contributed by atoms with Gasteiger partial charge in [-0.1, -0.05) is 51.1 Å². The average Bonchev–Trinajstić information content (AvgIpc) is 3.68. The van der Waals surface area contributed by atoms with E-state index in [2.05, 4.69) is 44.0 Å². The van der Waals surface area contributed by atoms with E-state index < -0.39 is 18.1 Å². The van der Waals surface area contributed by atoms with Crippen molar-refractivity contribution >= 4 is 35.0 Å². The van der Waals surface area contributed by atoms with Crippen LogP contribution in [-0.2, 0) is 23.9 Å². The van der Waals surface area contributed by atoms with Gasteiger partial charge in [-0.2, -0.15) is 0 Å². The molecule has 2 heterocycles. The molecule has 11 heteroatoms. The third kappa shape index (κ3) is 11.4. The van der Waals surface area contributed by atoms with Gasteiger partial charge in [0.1, 0.15) is 22.9 Å². The van der Waals surface area contributed by atoms with Gasteiger partial charge in [0.15, 0.2) is 0 Å². The third-order valence-electron chi connectivity index (χ3n) is 8.61. The summed E-state index contributed by atoms with van der Waals surface area (Å²) in [6, 6.07) is 8.94. The molecule has 3 amide bonds. The molecule has 1 N–H and O–H groups in total. The molecule has 0 saturated carbocycles. The molecule has 5 atom stereocenters. The fourth-order valence-corrected chi connectivity index (χ4v) is 6.64. The molecule has 1 aromatic heterocycles. The van der Waals surface area contributed by atoms with E-state index in [1.165, 1.54) is 35.3 Å². The number of carbonyl (C=O) groups is 4. The van der Waals surface area contributed by atoms with Gasteiger partial charge in [-0.25, -0.2) is 4.98 Å². The van der Waals surface area contributed by atoms with Gasteiger partial charge in [0.05, 0.1) is 6.04 Å². The summed E-state index contributed by atoms with van der Waals surface area (Å²) >= 11 is 1.37. The molecular formula is C37H50N4O6S. The van der Waals surface area contributed by atoms with E-state index in [-0.39, 0.29) is 41.5 Å². The number of thiazole rings is 1. The number of aromatic nitrogens is 1. The van der Waals surface area contributed by atoms with Crippen LogP contribution in [0.15, 0.2) is 47.9 Å². The first kappa shape index (κ1) is 38.6. The Morgan fingerprint density at radius 3 is 2.40 bits per heavy atom. The number of hydrogen-bond donors (Lipinski definition) is 1. The first-order valence-electron chi connectivity index (χ1n) is 16.7. The largest absolute Gasteiger partial charge is 0.455 e. The number of carbonyl (C=O) groups excluding carboxylic acids is 4. The Labute approximate surface area is 289 Å². The number of amides is 3. The minimum absolute atomic E-state index is 0.160. The number of ether oxygens (including phenoxy) is 2. The molecule has 1 aromatic carbocycles. The van der Waals surface area contributed by atoms with Crippen LogP contribution in [0.3, 0.4) is 0 Å². The highest BCUT2D eigenvalue weighted by Crippen LogP contribution is 2.31. The first-order valence-corrected chi connectivity index (χ1v) is 17.6. The van der Waals surface area contributed by atoms with Gasteiger partial charge < -0.3 is 19.7 Å². The zero-order chi connectivity index (χ0) is 35.2. The highest BCUT2D eigenvalue weighted by atomic mass is 32.1. The minimum atomic E-state index is -0.659. The molecular weight excluding hydrogens is 628 g/mol. The second-order valence-corrected chi connectivity index (χ2v) is 13.5. The maximum Gasteiger partial charge on any atom is 0.303 e. The van der Waals surface area contributed by atoms with Gasteiger partial charge in [-0.05, 0) is 64.1 Å². The van der Waals surface area contributed by atoms with Crippen LogP contribution in [-0.4, -0.2) is 77.3 Å². The van der Waals surface area contributed by atoms with Crippen molar-refractivity contribution in [2.45, 2.75) is 91.0 Å². The second-order valence-electron chi connectivity index (χ2n) is 12.6. The maximum absolute atomic E-state index is 13.4. The van der Waals surface area contributed by atoms with Crippen molar-refractivity contribution in [3.63, 3.8) is 0 Å². The summed E-state index contributed by atoms with van der Waals surface area (Å²) in [5, 5.41) is 5.37. The Balaban J connectivity index is 1.73. The standard InChI is InChI=1S/C37H50N4O6S/c1-8-28(9-2)19-21-40(7)31(25(3)4)23-32(46-22-14-13-20-41-33(43)17-18-34(41)44)37-39-30(24-48-37)36(45)38-26(5)35(47-27(6)42)29-15-11-10-12-16-29/h1,10-12,15-18,24-26,28,31-32,35H,9,13-14,19-23H2,2-7H3,(H,38,45)/t26-,28+,31-,32-,35?/m1/s1. The lowest BCUT2D eigenvalue weighted by Crippen LogP contribution is -2.39. The highest BCUT2D eigenvalue weighted by molar-refractivity contribution is 7.09. The predicted octanol–water partition coefficient (Wildman–Crippen LogP) is 5.72. The van der Waals surface area contributed by atoms with Crippen molar-refractivity contribution in [3.05, 3.63) is 64.1 Å². The Kier molecular flexibility index (Phi) is 15.5. The topological polar surface area (TPSA) is 118 Å². The molecule has 3 rings (SSSR count). The molecule has 1 unspecified atom stereocenters. The van der Waals surface area contributed by atoms with E-state index in [0.29, 0.717) is 43.3 Å². The molecule has 1 aliphatic rings. The summed E-state index contributed by atoms with van der Waals surface area (Å²) in [4.78, 5) is 57.4. The lowest BCUT2D eigenvalue weighted by molar-refractivity contribution is -0.148. The lowest BCUT2D eigenvalue weighted by Gasteiger charge is -2.34. The zero-order valence-corrected chi connectivity index (χ0v) is 29.8. The fourth-order valence-electron chi connectivity index (χ4n) is 5.78. The Bertz CT molecular complexity index is 1420. The molecule has 0 saturated heterocycles. The summed E-state index contributed by atoms with van der Waals surface area (Å²) in [6.07, 6.45) is 11.0. The monoisotopic (exact) mass is 678 g/mol. The van der Waals surface area contributed by atoms with Gasteiger partial charge in [-0.15, -0.1) is 23.7 Å². The van der Waals surface area contributed by atoms with E-state index in [1.54, 1.807) is 12.3 Å². The molecule has 260 valence electrons. The zero-order valence-electron chi connectivity index (χ0n) is 29.0. The number of rotatable bonds is 20. The number of terminal acetylenes is 1. The van der Waals surface area contributed by atoms with Crippen LogP contribution >= 0.6 is 11.3 Å². The van der Waals surface area contributed by atoms with Gasteiger partial charge in [0.25, 0.3) is 17.7 Å². The predicted molar refractivity (Wildman–Crippen MR) is 187 cm³/mol. The molecule has 0 spiro atoms. The van der Waals surface area contributed by atoms with Crippen LogP contribution in [0.1, 0.15) is 100.0 Å². The van der Waals surface area contributed by atoms with Crippen LogP contribution < -0.4 is 5.32 Å². The van der Waals surface area contributed by atoms with E-state index in [0.717, 1.165) is 24.9 Å². The quantitative estimate of drug-likeness (QED) is 0.0818. The smallest absolute Gasteiger partial charge is 0.303 e. The van der Waals surface area contributed by atoms with Crippen LogP contribution in [0.4, 0.5) is 0 Å². The normalized spacial score (nSPS) is 16.1. The number of nitrogens with one attached hydrogen (secondary N) is 1.